The average Bonchev–Trinajstić information content (AvgIpc) is 2.88. The molecule has 0 unspecified atom stereocenters. The van der Waals surface area contributed by atoms with Crippen LogP contribution in [0.2, 0.25) is 5.02 Å². The van der Waals surface area contributed by atoms with Gasteiger partial charge in [-0.2, -0.15) is 0 Å². The maximum Gasteiger partial charge on any atom is 0.235 e. The number of benzene rings is 1. The van der Waals surface area contributed by atoms with E-state index in [9.17, 15) is 4.79 Å². The Hall–Kier alpha value is -1.88. The van der Waals surface area contributed by atoms with Gasteiger partial charge in [0, 0.05) is 10.9 Å². The van der Waals surface area contributed by atoms with Crippen molar-refractivity contribution in [2.24, 2.45) is 0 Å². The molecule has 1 amide bonds. The first-order chi connectivity index (χ1) is 9.54. The molecule has 0 spiro atoms. The van der Waals surface area contributed by atoms with Crippen LogP contribution in [-0.2, 0) is 17.8 Å². The molecule has 2 aromatic rings. The van der Waals surface area contributed by atoms with Crippen LogP contribution >= 0.6 is 11.6 Å². The molecular formula is C14H16ClN3O2. The van der Waals surface area contributed by atoms with E-state index in [1.165, 1.54) is 0 Å². The lowest BCUT2D eigenvalue weighted by atomic mass is 10.1. The highest BCUT2D eigenvalue weighted by atomic mass is 35.5. The van der Waals surface area contributed by atoms with E-state index in [1.54, 1.807) is 12.1 Å². The van der Waals surface area contributed by atoms with Gasteiger partial charge in [0.15, 0.2) is 0 Å². The van der Waals surface area contributed by atoms with Gasteiger partial charge in [0.25, 0.3) is 0 Å². The minimum atomic E-state index is -0.100. The summed E-state index contributed by atoms with van der Waals surface area (Å²) in [6.07, 6.45) is 0.294. The third kappa shape index (κ3) is 4.06. The molecule has 0 saturated heterocycles. The topological polar surface area (TPSA) is 68.0 Å². The Labute approximate surface area is 122 Å². The van der Waals surface area contributed by atoms with Crippen LogP contribution in [0.1, 0.15) is 37.1 Å². The van der Waals surface area contributed by atoms with E-state index in [0.29, 0.717) is 23.2 Å². The van der Waals surface area contributed by atoms with E-state index < -0.39 is 0 Å². The zero-order valence-corrected chi connectivity index (χ0v) is 12.1. The molecule has 106 valence electrons. The smallest absolute Gasteiger partial charge is 0.235 e. The zero-order valence-electron chi connectivity index (χ0n) is 11.4. The van der Waals surface area contributed by atoms with E-state index in [0.717, 1.165) is 5.56 Å². The van der Waals surface area contributed by atoms with Crippen LogP contribution in [0.5, 0.6) is 0 Å². The van der Waals surface area contributed by atoms with Crippen molar-refractivity contribution in [3.05, 3.63) is 46.6 Å². The van der Waals surface area contributed by atoms with Crippen molar-refractivity contribution in [2.45, 2.75) is 32.7 Å². The van der Waals surface area contributed by atoms with E-state index in [2.05, 4.69) is 15.5 Å². The number of hydrogen-bond acceptors (Lipinski definition) is 4. The van der Waals surface area contributed by atoms with Gasteiger partial charge >= 0.3 is 0 Å². The summed E-state index contributed by atoms with van der Waals surface area (Å²) < 4.78 is 5.41. The largest absolute Gasteiger partial charge is 0.423 e. The second-order valence-electron chi connectivity index (χ2n) is 4.77. The number of rotatable bonds is 5. The van der Waals surface area contributed by atoms with E-state index in [-0.39, 0.29) is 18.4 Å². The van der Waals surface area contributed by atoms with Crippen LogP contribution < -0.4 is 5.32 Å². The number of hydrogen-bond donors (Lipinski definition) is 1. The third-order valence-corrected chi connectivity index (χ3v) is 2.94. The number of nitrogens with one attached hydrogen (secondary N) is 1. The Morgan fingerprint density at radius 3 is 2.60 bits per heavy atom. The number of halogens is 1. The van der Waals surface area contributed by atoms with Gasteiger partial charge in [0.1, 0.15) is 0 Å². The molecule has 1 heterocycles. The molecule has 0 aliphatic heterocycles. The van der Waals surface area contributed by atoms with Gasteiger partial charge in [-0.3, -0.25) is 4.79 Å². The van der Waals surface area contributed by atoms with Gasteiger partial charge in [-0.05, 0) is 17.7 Å². The minimum Gasteiger partial charge on any atom is -0.423 e. The van der Waals surface area contributed by atoms with Crippen LogP contribution in [0.3, 0.4) is 0 Å². The number of carbonyl (C=O) groups excluding carboxylic acids is 1. The minimum absolute atomic E-state index is 0.100. The highest BCUT2D eigenvalue weighted by Gasteiger charge is 2.10. The first kappa shape index (κ1) is 14.5. The van der Waals surface area contributed by atoms with E-state index >= 15 is 0 Å². The van der Waals surface area contributed by atoms with Gasteiger partial charge in [-0.1, -0.05) is 37.6 Å². The number of nitrogens with zero attached hydrogens (tertiary/aromatic N) is 2. The zero-order chi connectivity index (χ0) is 14.5. The summed E-state index contributed by atoms with van der Waals surface area (Å²) in [4.78, 5) is 11.8. The number of carbonyl (C=O) groups is 1. The standard InChI is InChI=1S/C14H16ClN3O2/c1-9(2)14-18-17-13(20-14)8-16-12(19)7-10-3-5-11(15)6-4-10/h3-6,9H,7-8H2,1-2H3,(H,16,19). The first-order valence-electron chi connectivity index (χ1n) is 6.38. The Morgan fingerprint density at radius 1 is 1.30 bits per heavy atom. The van der Waals surface area contributed by atoms with Crippen molar-refractivity contribution < 1.29 is 9.21 Å². The maximum absolute atomic E-state index is 11.8. The number of amides is 1. The summed E-state index contributed by atoms with van der Waals surface area (Å²) in [5, 5.41) is 11.2. The molecule has 0 radical (unpaired) electrons. The average molecular weight is 294 g/mol. The van der Waals surface area contributed by atoms with Crippen molar-refractivity contribution in [3.8, 4) is 0 Å². The summed E-state index contributed by atoms with van der Waals surface area (Å²) in [6, 6.07) is 7.17. The molecule has 6 heteroatoms. The van der Waals surface area contributed by atoms with Crippen molar-refractivity contribution in [1.82, 2.24) is 15.5 Å². The molecule has 0 saturated carbocycles. The normalized spacial score (nSPS) is 10.8. The van der Waals surface area contributed by atoms with Crippen molar-refractivity contribution in [3.63, 3.8) is 0 Å². The molecule has 0 bridgehead atoms. The maximum atomic E-state index is 11.8. The molecule has 0 aliphatic carbocycles. The SMILES string of the molecule is CC(C)c1nnc(CNC(=O)Cc2ccc(Cl)cc2)o1. The lowest BCUT2D eigenvalue weighted by Crippen LogP contribution is -2.24. The monoisotopic (exact) mass is 293 g/mol. The summed E-state index contributed by atoms with van der Waals surface area (Å²) in [5.41, 5.74) is 0.903. The molecule has 20 heavy (non-hydrogen) atoms. The Bertz CT molecular complexity index is 578. The van der Waals surface area contributed by atoms with Gasteiger partial charge in [-0.15, -0.1) is 10.2 Å². The highest BCUT2D eigenvalue weighted by Crippen LogP contribution is 2.12. The fraction of sp³-hybridized carbons (Fsp3) is 0.357. The van der Waals surface area contributed by atoms with Crippen LogP contribution in [0.15, 0.2) is 28.7 Å². The van der Waals surface area contributed by atoms with E-state index in [1.807, 2.05) is 26.0 Å². The molecule has 0 fully saturated rings. The van der Waals surface area contributed by atoms with Crippen LogP contribution in [0, 0.1) is 0 Å². The quantitative estimate of drug-likeness (QED) is 0.920. The summed E-state index contributed by atoms with van der Waals surface area (Å²) >= 11 is 5.79. The molecule has 0 aliphatic rings. The van der Waals surface area contributed by atoms with Gasteiger partial charge < -0.3 is 9.73 Å². The Kier molecular flexibility index (Phi) is 4.74. The van der Waals surface area contributed by atoms with Crippen LogP contribution in [0.25, 0.3) is 0 Å². The third-order valence-electron chi connectivity index (χ3n) is 2.69. The fourth-order valence-electron chi connectivity index (χ4n) is 1.60. The van der Waals surface area contributed by atoms with Crippen molar-refractivity contribution in [1.29, 1.82) is 0 Å². The molecular weight excluding hydrogens is 278 g/mol. The molecule has 5 nitrogen and oxygen atoms in total. The highest BCUT2D eigenvalue weighted by molar-refractivity contribution is 6.30. The fourth-order valence-corrected chi connectivity index (χ4v) is 1.72. The molecule has 1 N–H and O–H groups in total. The van der Waals surface area contributed by atoms with Crippen molar-refractivity contribution in [2.75, 3.05) is 0 Å². The van der Waals surface area contributed by atoms with Gasteiger partial charge in [0.05, 0.1) is 13.0 Å². The Balaban J connectivity index is 1.84. The second-order valence-corrected chi connectivity index (χ2v) is 5.21. The predicted octanol–water partition coefficient (Wildman–Crippen LogP) is 2.71. The van der Waals surface area contributed by atoms with Gasteiger partial charge in [0.2, 0.25) is 17.7 Å². The molecule has 0 atom stereocenters. The molecule has 1 aromatic heterocycles. The first-order valence-corrected chi connectivity index (χ1v) is 6.76. The Morgan fingerprint density at radius 2 is 2.00 bits per heavy atom. The van der Waals surface area contributed by atoms with Gasteiger partial charge in [-0.25, -0.2) is 0 Å². The summed E-state index contributed by atoms with van der Waals surface area (Å²) in [7, 11) is 0. The summed E-state index contributed by atoms with van der Waals surface area (Å²) in [5.74, 6) is 1.07. The van der Waals surface area contributed by atoms with Crippen molar-refractivity contribution >= 4 is 17.5 Å². The molecule has 1 aromatic carbocycles. The second kappa shape index (κ2) is 6.52. The molecule has 2 rings (SSSR count). The predicted molar refractivity (Wildman–Crippen MR) is 75.4 cm³/mol. The lowest BCUT2D eigenvalue weighted by Gasteiger charge is -2.03. The van der Waals surface area contributed by atoms with E-state index in [4.69, 9.17) is 16.0 Å². The lowest BCUT2D eigenvalue weighted by molar-refractivity contribution is -0.120. The van der Waals surface area contributed by atoms with Crippen LogP contribution in [0.4, 0.5) is 0 Å². The number of aromatic nitrogens is 2. The summed E-state index contributed by atoms with van der Waals surface area (Å²) in [6.45, 7) is 4.18. The van der Waals surface area contributed by atoms with Crippen LogP contribution in [-0.4, -0.2) is 16.1 Å².